The largest absolute Gasteiger partial charge is 0.339 e. The zero-order valence-electron chi connectivity index (χ0n) is 16.3. The molecule has 0 aliphatic carbocycles. The van der Waals surface area contributed by atoms with Crippen LogP contribution in [0, 0.1) is 0 Å². The first-order chi connectivity index (χ1) is 14.9. The van der Waals surface area contributed by atoms with Gasteiger partial charge in [0.15, 0.2) is 11.6 Å². The highest BCUT2D eigenvalue weighted by atomic mass is 16.5. The SMILES string of the molecule is c1ccc(Cc2noc(CCn3ccnc3-c3ccnn3-c3ccccc3)n2)cc1. The number of hydrogen-bond donors (Lipinski definition) is 0. The normalized spacial score (nSPS) is 11.1. The molecule has 3 aromatic heterocycles. The summed E-state index contributed by atoms with van der Waals surface area (Å²) in [5.74, 6) is 2.17. The maximum Gasteiger partial charge on any atom is 0.228 e. The molecule has 0 saturated heterocycles. The third-order valence-corrected chi connectivity index (χ3v) is 4.87. The first-order valence-corrected chi connectivity index (χ1v) is 9.83. The highest BCUT2D eigenvalue weighted by molar-refractivity contribution is 5.54. The molecular weight excluding hydrogens is 376 g/mol. The van der Waals surface area contributed by atoms with Gasteiger partial charge in [-0.2, -0.15) is 10.1 Å². The maximum atomic E-state index is 5.45. The zero-order valence-corrected chi connectivity index (χ0v) is 16.3. The lowest BCUT2D eigenvalue weighted by Gasteiger charge is -2.09. The van der Waals surface area contributed by atoms with E-state index in [4.69, 9.17) is 4.52 Å². The Morgan fingerprint density at radius 3 is 2.50 bits per heavy atom. The molecule has 0 aliphatic rings. The lowest BCUT2D eigenvalue weighted by molar-refractivity contribution is 0.367. The van der Waals surface area contributed by atoms with Crippen LogP contribution in [0.2, 0.25) is 0 Å². The van der Waals surface area contributed by atoms with Crippen LogP contribution < -0.4 is 0 Å². The van der Waals surface area contributed by atoms with Gasteiger partial charge < -0.3 is 9.09 Å². The van der Waals surface area contributed by atoms with Gasteiger partial charge in [0.25, 0.3) is 0 Å². The second-order valence-electron chi connectivity index (χ2n) is 6.92. The molecule has 0 fully saturated rings. The van der Waals surface area contributed by atoms with Crippen LogP contribution in [0.15, 0.2) is 89.8 Å². The number of hydrogen-bond acceptors (Lipinski definition) is 5. The third kappa shape index (κ3) is 3.77. The van der Waals surface area contributed by atoms with Gasteiger partial charge in [0.2, 0.25) is 5.89 Å². The minimum absolute atomic E-state index is 0.622. The second-order valence-corrected chi connectivity index (χ2v) is 6.92. The van der Waals surface area contributed by atoms with Crippen molar-refractivity contribution in [2.45, 2.75) is 19.4 Å². The zero-order chi connectivity index (χ0) is 20.2. The molecular formula is C23H20N6O. The smallest absolute Gasteiger partial charge is 0.228 e. The van der Waals surface area contributed by atoms with E-state index in [9.17, 15) is 0 Å². The van der Waals surface area contributed by atoms with Gasteiger partial charge in [-0.1, -0.05) is 53.7 Å². The standard InChI is InChI=1S/C23H20N6O/c1-3-7-18(8-4-1)17-21-26-22(30-27-21)12-15-28-16-14-24-23(28)20-11-13-25-29(20)19-9-5-2-6-10-19/h1-11,13-14,16H,12,15,17H2. The molecule has 7 heteroatoms. The van der Waals surface area contributed by atoms with Crippen molar-refractivity contribution in [1.82, 2.24) is 29.5 Å². The van der Waals surface area contributed by atoms with Crippen LogP contribution in [0.3, 0.4) is 0 Å². The average Bonchev–Trinajstić information content (AvgIpc) is 3.54. The van der Waals surface area contributed by atoms with Crippen LogP contribution in [0.5, 0.6) is 0 Å². The average molecular weight is 396 g/mol. The molecule has 30 heavy (non-hydrogen) atoms. The van der Waals surface area contributed by atoms with Crippen molar-refractivity contribution < 1.29 is 4.52 Å². The van der Waals surface area contributed by atoms with Gasteiger partial charge in [0.05, 0.1) is 11.9 Å². The van der Waals surface area contributed by atoms with Crippen molar-refractivity contribution in [3.8, 4) is 17.2 Å². The summed E-state index contributed by atoms with van der Waals surface area (Å²) >= 11 is 0. The van der Waals surface area contributed by atoms with Crippen molar-refractivity contribution in [1.29, 1.82) is 0 Å². The fraction of sp³-hybridized carbons (Fsp3) is 0.130. The van der Waals surface area contributed by atoms with Gasteiger partial charge in [-0.05, 0) is 23.8 Å². The van der Waals surface area contributed by atoms with Gasteiger partial charge in [-0.15, -0.1) is 0 Å². The molecule has 0 unspecified atom stereocenters. The number of aromatic nitrogens is 6. The lowest BCUT2D eigenvalue weighted by Crippen LogP contribution is -2.06. The van der Waals surface area contributed by atoms with Gasteiger partial charge in [-0.25, -0.2) is 9.67 Å². The molecule has 2 aromatic carbocycles. The molecule has 0 atom stereocenters. The highest BCUT2D eigenvalue weighted by Gasteiger charge is 2.14. The number of aryl methyl sites for hydroxylation is 2. The van der Waals surface area contributed by atoms with Crippen LogP contribution in [0.1, 0.15) is 17.3 Å². The number of imidazole rings is 1. The Bertz CT molecular complexity index is 1220. The van der Waals surface area contributed by atoms with Crippen LogP contribution >= 0.6 is 0 Å². The molecule has 148 valence electrons. The van der Waals surface area contributed by atoms with Crippen molar-refractivity contribution in [2.24, 2.45) is 0 Å². The second kappa shape index (κ2) is 8.16. The molecule has 5 aromatic rings. The molecule has 0 spiro atoms. The molecule has 5 rings (SSSR count). The Kier molecular flexibility index (Phi) is 4.91. The fourth-order valence-electron chi connectivity index (χ4n) is 3.43. The predicted molar refractivity (Wildman–Crippen MR) is 112 cm³/mol. The van der Waals surface area contributed by atoms with E-state index in [-0.39, 0.29) is 0 Å². The molecule has 0 bridgehead atoms. The monoisotopic (exact) mass is 396 g/mol. The minimum Gasteiger partial charge on any atom is -0.339 e. The first kappa shape index (κ1) is 18.1. The molecule has 0 saturated carbocycles. The van der Waals surface area contributed by atoms with Gasteiger partial charge in [0, 0.05) is 31.8 Å². The molecule has 7 nitrogen and oxygen atoms in total. The first-order valence-electron chi connectivity index (χ1n) is 9.83. The van der Waals surface area contributed by atoms with Crippen molar-refractivity contribution in [3.63, 3.8) is 0 Å². The molecule has 0 aliphatic heterocycles. The number of rotatable bonds is 7. The van der Waals surface area contributed by atoms with Gasteiger partial charge >= 0.3 is 0 Å². The summed E-state index contributed by atoms with van der Waals surface area (Å²) in [5, 5.41) is 8.58. The summed E-state index contributed by atoms with van der Waals surface area (Å²) in [7, 11) is 0. The summed E-state index contributed by atoms with van der Waals surface area (Å²) in [6.45, 7) is 0.683. The topological polar surface area (TPSA) is 74.6 Å². The Balaban J connectivity index is 1.31. The van der Waals surface area contributed by atoms with Crippen molar-refractivity contribution >= 4 is 0 Å². The van der Waals surface area contributed by atoms with Gasteiger partial charge in [0.1, 0.15) is 5.69 Å². The van der Waals surface area contributed by atoms with Crippen LogP contribution in [-0.2, 0) is 19.4 Å². The molecule has 0 radical (unpaired) electrons. The van der Waals surface area contributed by atoms with E-state index in [1.54, 1.807) is 12.4 Å². The predicted octanol–water partition coefficient (Wildman–Crippen LogP) is 3.95. The van der Waals surface area contributed by atoms with Crippen molar-refractivity contribution in [2.75, 3.05) is 0 Å². The third-order valence-electron chi connectivity index (χ3n) is 4.87. The quantitative estimate of drug-likeness (QED) is 0.416. The summed E-state index contributed by atoms with van der Waals surface area (Å²) in [5.41, 5.74) is 3.09. The van der Waals surface area contributed by atoms with E-state index >= 15 is 0 Å². The molecule has 0 amide bonds. The summed E-state index contributed by atoms with van der Waals surface area (Å²) in [6.07, 6.45) is 6.84. The van der Waals surface area contributed by atoms with E-state index in [0.29, 0.717) is 31.1 Å². The fourth-order valence-corrected chi connectivity index (χ4v) is 3.43. The number of benzene rings is 2. The van der Waals surface area contributed by atoms with E-state index in [1.807, 2.05) is 65.5 Å². The van der Waals surface area contributed by atoms with Crippen LogP contribution in [0.4, 0.5) is 0 Å². The Hall–Kier alpha value is -4.00. The van der Waals surface area contributed by atoms with Gasteiger partial charge in [-0.3, -0.25) is 0 Å². The summed E-state index contributed by atoms with van der Waals surface area (Å²) in [6, 6.07) is 22.1. The Morgan fingerprint density at radius 2 is 1.67 bits per heavy atom. The van der Waals surface area contributed by atoms with E-state index in [2.05, 4.69) is 36.9 Å². The van der Waals surface area contributed by atoms with E-state index in [1.165, 1.54) is 0 Å². The molecule has 0 N–H and O–H groups in total. The van der Waals surface area contributed by atoms with Crippen molar-refractivity contribution in [3.05, 3.63) is 103 Å². The van der Waals surface area contributed by atoms with E-state index in [0.717, 1.165) is 22.8 Å². The highest BCUT2D eigenvalue weighted by Crippen LogP contribution is 2.21. The minimum atomic E-state index is 0.622. The number of para-hydroxylation sites is 1. The summed E-state index contributed by atoms with van der Waals surface area (Å²) in [4.78, 5) is 9.09. The summed E-state index contributed by atoms with van der Waals surface area (Å²) < 4.78 is 9.42. The van der Waals surface area contributed by atoms with Crippen LogP contribution in [-0.4, -0.2) is 29.5 Å². The van der Waals surface area contributed by atoms with E-state index < -0.39 is 0 Å². The Morgan fingerprint density at radius 1 is 0.867 bits per heavy atom. The Labute approximate surface area is 173 Å². The number of nitrogens with zero attached hydrogens (tertiary/aromatic N) is 6. The molecule has 3 heterocycles. The van der Waals surface area contributed by atoms with Crippen LogP contribution in [0.25, 0.3) is 17.2 Å². The lowest BCUT2D eigenvalue weighted by atomic mass is 10.1. The maximum absolute atomic E-state index is 5.45.